The molecule has 3 nitrogen and oxygen atoms in total. The average Bonchev–Trinajstić information content (AvgIpc) is 3.10. The first kappa shape index (κ1) is 17.2. The molecule has 0 saturated heterocycles. The van der Waals surface area contributed by atoms with Gasteiger partial charge in [-0.05, 0) is 42.8 Å². The van der Waals surface area contributed by atoms with Crippen molar-refractivity contribution < 1.29 is 4.42 Å². The molecule has 2 heterocycles. The highest BCUT2D eigenvalue weighted by Crippen LogP contribution is 2.29. The zero-order valence-corrected chi connectivity index (χ0v) is 16.6. The Labute approximate surface area is 170 Å². The Morgan fingerprint density at radius 2 is 1.82 bits per heavy atom. The fourth-order valence-electron chi connectivity index (χ4n) is 3.15. The van der Waals surface area contributed by atoms with Crippen LogP contribution in [0.3, 0.4) is 0 Å². The minimum Gasteiger partial charge on any atom is -0.456 e. The summed E-state index contributed by atoms with van der Waals surface area (Å²) >= 11 is 7.82. The molecule has 136 valence electrons. The zero-order chi connectivity index (χ0) is 19.1. The quantitative estimate of drug-likeness (QED) is 0.322. The predicted octanol–water partition coefficient (Wildman–Crippen LogP) is 6.90. The molecule has 0 fully saturated rings. The molecule has 3 aromatic carbocycles. The van der Waals surface area contributed by atoms with Gasteiger partial charge in [0.15, 0.2) is 0 Å². The molecule has 0 saturated carbocycles. The van der Waals surface area contributed by atoms with Crippen LogP contribution >= 0.6 is 22.9 Å². The maximum Gasteiger partial charge on any atom is 0.210 e. The predicted molar refractivity (Wildman–Crippen MR) is 116 cm³/mol. The van der Waals surface area contributed by atoms with E-state index in [0.29, 0.717) is 10.2 Å². The van der Waals surface area contributed by atoms with Crippen LogP contribution in [-0.4, -0.2) is 4.98 Å². The number of aryl methyl sites for hydroxylation is 1. The van der Waals surface area contributed by atoms with Crippen molar-refractivity contribution in [1.29, 1.82) is 0 Å². The third kappa shape index (κ3) is 3.21. The van der Waals surface area contributed by atoms with Crippen molar-refractivity contribution in [3.8, 4) is 11.3 Å². The molecule has 0 bridgehead atoms. The Bertz CT molecular complexity index is 1390. The van der Waals surface area contributed by atoms with Crippen LogP contribution in [0, 0.1) is 6.92 Å². The second kappa shape index (κ2) is 6.89. The number of rotatable bonds is 2. The molecule has 0 aliphatic heterocycles. The van der Waals surface area contributed by atoms with E-state index in [-0.39, 0.29) is 0 Å². The van der Waals surface area contributed by atoms with Gasteiger partial charge in [-0.1, -0.05) is 59.3 Å². The third-order valence-electron chi connectivity index (χ3n) is 4.51. The summed E-state index contributed by atoms with van der Waals surface area (Å²) < 4.78 is 7.25. The highest BCUT2D eigenvalue weighted by atomic mass is 35.5. The average molecular weight is 403 g/mol. The van der Waals surface area contributed by atoms with E-state index >= 15 is 0 Å². The number of benzene rings is 3. The third-order valence-corrected chi connectivity index (χ3v) is 5.66. The summed E-state index contributed by atoms with van der Waals surface area (Å²) in [6.45, 7) is 2.08. The van der Waals surface area contributed by atoms with Crippen molar-refractivity contribution in [2.75, 3.05) is 0 Å². The number of halogens is 1. The summed E-state index contributed by atoms with van der Waals surface area (Å²) in [5.41, 5.74) is 3.91. The molecule has 0 radical (unpaired) electrons. The van der Waals surface area contributed by atoms with Crippen molar-refractivity contribution >= 4 is 49.3 Å². The van der Waals surface area contributed by atoms with Crippen LogP contribution in [0.4, 0.5) is 5.13 Å². The summed E-state index contributed by atoms with van der Waals surface area (Å²) in [4.78, 5) is 9.52. The first-order valence-electron chi connectivity index (χ1n) is 8.86. The van der Waals surface area contributed by atoms with E-state index < -0.39 is 0 Å². The van der Waals surface area contributed by atoms with Gasteiger partial charge in [0.25, 0.3) is 0 Å². The van der Waals surface area contributed by atoms with Crippen LogP contribution in [0.5, 0.6) is 0 Å². The fourth-order valence-corrected chi connectivity index (χ4v) is 4.27. The normalized spacial score (nSPS) is 12.1. The maximum atomic E-state index is 6.24. The molecule has 0 atom stereocenters. The zero-order valence-electron chi connectivity index (χ0n) is 15.0. The lowest BCUT2D eigenvalue weighted by Crippen LogP contribution is -2.03. The van der Waals surface area contributed by atoms with Crippen LogP contribution < -0.4 is 5.36 Å². The summed E-state index contributed by atoms with van der Waals surface area (Å²) in [5.74, 6) is 0.756. The van der Waals surface area contributed by atoms with E-state index in [1.54, 1.807) is 11.3 Å². The monoisotopic (exact) mass is 402 g/mol. The number of hydrogen-bond acceptors (Lipinski definition) is 4. The van der Waals surface area contributed by atoms with E-state index in [1.807, 2.05) is 60.7 Å². The molecule has 0 amide bonds. The van der Waals surface area contributed by atoms with Gasteiger partial charge < -0.3 is 4.42 Å². The molecule has 5 rings (SSSR count). The topological polar surface area (TPSA) is 38.4 Å². The molecule has 0 aliphatic rings. The van der Waals surface area contributed by atoms with Gasteiger partial charge in [-0.3, -0.25) is 0 Å². The SMILES string of the molecule is Cc1ccc2nc(N=c3cc(-c4ccccc4)oc4ccc(Cl)cc34)sc2c1. The van der Waals surface area contributed by atoms with Gasteiger partial charge in [0, 0.05) is 22.0 Å². The van der Waals surface area contributed by atoms with E-state index in [0.717, 1.165) is 37.9 Å². The van der Waals surface area contributed by atoms with Crippen LogP contribution in [0.2, 0.25) is 5.02 Å². The van der Waals surface area contributed by atoms with E-state index in [2.05, 4.69) is 24.0 Å². The first-order chi connectivity index (χ1) is 13.7. The molecule has 0 N–H and O–H groups in total. The van der Waals surface area contributed by atoms with Crippen molar-refractivity contribution in [3.63, 3.8) is 0 Å². The first-order valence-corrected chi connectivity index (χ1v) is 10.1. The van der Waals surface area contributed by atoms with Gasteiger partial charge in [-0.2, -0.15) is 0 Å². The number of nitrogens with zero attached hydrogens (tertiary/aromatic N) is 2. The highest BCUT2D eigenvalue weighted by molar-refractivity contribution is 7.21. The lowest BCUT2D eigenvalue weighted by atomic mass is 10.1. The molecule has 5 aromatic rings. The Kier molecular flexibility index (Phi) is 4.23. The lowest BCUT2D eigenvalue weighted by Gasteiger charge is -2.05. The van der Waals surface area contributed by atoms with E-state index in [4.69, 9.17) is 21.0 Å². The molecule has 5 heteroatoms. The minimum atomic E-state index is 0.645. The van der Waals surface area contributed by atoms with E-state index in [9.17, 15) is 0 Å². The Balaban J connectivity index is 1.78. The highest BCUT2D eigenvalue weighted by Gasteiger charge is 2.08. The lowest BCUT2D eigenvalue weighted by molar-refractivity contribution is 0.618. The van der Waals surface area contributed by atoms with Gasteiger partial charge in [-0.25, -0.2) is 9.98 Å². The minimum absolute atomic E-state index is 0.645. The standard InChI is InChI=1S/C23H15ClN2OS/c1-14-7-9-18-22(11-14)28-23(25-18)26-19-13-21(15-5-3-2-4-6-15)27-20-10-8-16(24)12-17(19)20/h2-13H,1H3. The van der Waals surface area contributed by atoms with Crippen molar-refractivity contribution in [1.82, 2.24) is 4.98 Å². The Morgan fingerprint density at radius 1 is 0.964 bits per heavy atom. The molecular weight excluding hydrogens is 388 g/mol. The van der Waals surface area contributed by atoms with Crippen LogP contribution in [0.25, 0.3) is 32.5 Å². The molecular formula is C23H15ClN2OS. The van der Waals surface area contributed by atoms with Crippen molar-refractivity contribution in [3.05, 3.63) is 88.7 Å². The largest absolute Gasteiger partial charge is 0.456 e. The van der Waals surface area contributed by atoms with Crippen molar-refractivity contribution in [2.45, 2.75) is 6.92 Å². The second-order valence-corrected chi connectivity index (χ2v) is 8.03. The van der Waals surface area contributed by atoms with Crippen LogP contribution in [0.1, 0.15) is 5.56 Å². The van der Waals surface area contributed by atoms with Gasteiger partial charge in [0.2, 0.25) is 5.13 Å². The fraction of sp³-hybridized carbons (Fsp3) is 0.0435. The van der Waals surface area contributed by atoms with Crippen LogP contribution in [0.15, 0.2) is 82.2 Å². The molecule has 0 aliphatic carbocycles. The molecule has 2 aromatic heterocycles. The van der Waals surface area contributed by atoms with Gasteiger partial charge in [0.1, 0.15) is 11.3 Å². The molecule has 0 spiro atoms. The van der Waals surface area contributed by atoms with Gasteiger partial charge >= 0.3 is 0 Å². The maximum absolute atomic E-state index is 6.24. The number of thiazole rings is 1. The van der Waals surface area contributed by atoms with Crippen molar-refractivity contribution in [2.24, 2.45) is 4.99 Å². The van der Waals surface area contributed by atoms with Gasteiger partial charge in [-0.15, -0.1) is 0 Å². The van der Waals surface area contributed by atoms with E-state index in [1.165, 1.54) is 5.56 Å². The van der Waals surface area contributed by atoms with Gasteiger partial charge in [0.05, 0.1) is 15.6 Å². The summed E-state index contributed by atoms with van der Waals surface area (Å²) in [7, 11) is 0. The number of aromatic nitrogens is 1. The molecule has 28 heavy (non-hydrogen) atoms. The summed E-state index contributed by atoms with van der Waals surface area (Å²) in [6, 6.07) is 23.8. The Hall–Kier alpha value is -2.95. The Morgan fingerprint density at radius 3 is 2.68 bits per heavy atom. The summed E-state index contributed by atoms with van der Waals surface area (Å²) in [5, 5.41) is 3.01. The smallest absolute Gasteiger partial charge is 0.210 e. The summed E-state index contributed by atoms with van der Waals surface area (Å²) in [6.07, 6.45) is 0. The van der Waals surface area contributed by atoms with Crippen LogP contribution in [-0.2, 0) is 0 Å². The molecule has 0 unspecified atom stereocenters. The second-order valence-electron chi connectivity index (χ2n) is 6.58. The number of fused-ring (bicyclic) bond motifs is 2. The number of hydrogen-bond donors (Lipinski definition) is 0.